The van der Waals surface area contributed by atoms with Crippen molar-refractivity contribution >= 4 is 11.6 Å². The van der Waals surface area contributed by atoms with Crippen molar-refractivity contribution in [3.05, 3.63) is 82.6 Å². The molecule has 4 unspecified atom stereocenters. The smallest absolute Gasteiger partial charge is 0.0858 e. The molecule has 1 aromatic heterocycles. The lowest BCUT2D eigenvalue weighted by Crippen LogP contribution is -2.44. The van der Waals surface area contributed by atoms with Crippen molar-refractivity contribution in [2.45, 2.75) is 50.5 Å². The molecule has 0 bridgehead atoms. The minimum Gasteiger partial charge on any atom is -0.297 e. The van der Waals surface area contributed by atoms with Gasteiger partial charge in [-0.2, -0.15) is 0 Å². The highest BCUT2D eigenvalue weighted by molar-refractivity contribution is 6.30. The average molecular weight is 423 g/mol. The molecule has 5 rings (SSSR count). The summed E-state index contributed by atoms with van der Waals surface area (Å²) in [7, 11) is 0. The first-order chi connectivity index (χ1) is 14.7. The lowest BCUT2D eigenvalue weighted by Gasteiger charge is -2.32. The predicted molar refractivity (Wildman–Crippen MR) is 118 cm³/mol. The maximum absolute atomic E-state index is 6.00. The van der Waals surface area contributed by atoms with E-state index in [4.69, 9.17) is 11.6 Å². The molecule has 0 amide bonds. The van der Waals surface area contributed by atoms with E-state index in [1.807, 2.05) is 22.9 Å². The zero-order valence-electron chi connectivity index (χ0n) is 16.8. The number of hydrogen-bond acceptors (Lipinski definition) is 5. The van der Waals surface area contributed by atoms with Gasteiger partial charge in [-0.25, -0.2) is 10.1 Å². The van der Waals surface area contributed by atoms with Crippen molar-refractivity contribution in [2.75, 3.05) is 0 Å². The van der Waals surface area contributed by atoms with Gasteiger partial charge < -0.3 is 0 Å². The van der Waals surface area contributed by atoms with E-state index >= 15 is 0 Å². The van der Waals surface area contributed by atoms with Gasteiger partial charge in [0.05, 0.1) is 18.4 Å². The van der Waals surface area contributed by atoms with Crippen LogP contribution in [0.4, 0.5) is 0 Å². The molecule has 2 heterocycles. The number of aromatic nitrogens is 3. The van der Waals surface area contributed by atoms with Crippen molar-refractivity contribution in [1.82, 2.24) is 31.2 Å². The quantitative estimate of drug-likeness (QED) is 0.567. The van der Waals surface area contributed by atoms with E-state index in [2.05, 4.69) is 69.1 Å². The third kappa shape index (κ3) is 4.42. The summed E-state index contributed by atoms with van der Waals surface area (Å²) in [5.74, 6) is 0.979. The largest absolute Gasteiger partial charge is 0.297 e. The highest BCUT2D eigenvalue weighted by Gasteiger charge is 2.41. The number of halogens is 1. The third-order valence-corrected chi connectivity index (χ3v) is 6.61. The summed E-state index contributed by atoms with van der Waals surface area (Å²) in [5, 5.41) is 13.3. The lowest BCUT2D eigenvalue weighted by molar-refractivity contribution is 0.254. The van der Waals surface area contributed by atoms with E-state index in [0.717, 1.165) is 43.1 Å². The number of hydrazine groups is 1. The van der Waals surface area contributed by atoms with Crippen LogP contribution in [0.3, 0.4) is 0 Å². The van der Waals surface area contributed by atoms with Gasteiger partial charge in [0, 0.05) is 35.6 Å². The first-order valence-corrected chi connectivity index (χ1v) is 11.1. The van der Waals surface area contributed by atoms with Crippen LogP contribution in [-0.2, 0) is 13.1 Å². The Hall–Kier alpha value is -2.25. The Balaban J connectivity index is 1.21. The Morgan fingerprint density at radius 3 is 2.67 bits per heavy atom. The summed E-state index contributed by atoms with van der Waals surface area (Å²) >= 11 is 6.00. The summed E-state index contributed by atoms with van der Waals surface area (Å²) in [6.07, 6.45) is 5.76. The summed E-state index contributed by atoms with van der Waals surface area (Å²) in [6.45, 7) is 1.58. The van der Waals surface area contributed by atoms with E-state index in [9.17, 15) is 0 Å². The molecule has 1 aliphatic carbocycles. The van der Waals surface area contributed by atoms with Crippen LogP contribution in [0.1, 0.15) is 42.0 Å². The van der Waals surface area contributed by atoms with E-state index in [-0.39, 0.29) is 6.17 Å². The Morgan fingerprint density at radius 2 is 1.83 bits per heavy atom. The number of nitrogens with one attached hydrogen (secondary N) is 3. The minimum absolute atomic E-state index is 0.243. The molecule has 1 aliphatic heterocycles. The number of benzene rings is 2. The number of nitrogens with zero attached hydrogens (tertiary/aromatic N) is 3. The van der Waals surface area contributed by atoms with Gasteiger partial charge in [-0.1, -0.05) is 59.3 Å². The molecule has 1 saturated heterocycles. The van der Waals surface area contributed by atoms with Crippen molar-refractivity contribution in [1.29, 1.82) is 0 Å². The van der Waals surface area contributed by atoms with Crippen LogP contribution in [0.2, 0.25) is 5.02 Å². The summed E-state index contributed by atoms with van der Waals surface area (Å²) < 4.78 is 1.96. The van der Waals surface area contributed by atoms with Crippen LogP contribution in [0.15, 0.2) is 60.8 Å². The molecular formula is C23H27ClN6. The molecule has 1 saturated carbocycles. The predicted octanol–water partition coefficient (Wildman–Crippen LogP) is 3.46. The average Bonchev–Trinajstić information content (AvgIpc) is 3.41. The molecule has 0 spiro atoms. The Kier molecular flexibility index (Phi) is 5.82. The normalized spacial score (nSPS) is 25.9. The molecule has 7 heteroatoms. The van der Waals surface area contributed by atoms with Gasteiger partial charge in [0.1, 0.15) is 0 Å². The lowest BCUT2D eigenvalue weighted by atomic mass is 9.76. The van der Waals surface area contributed by atoms with Crippen LogP contribution < -0.4 is 16.2 Å². The van der Waals surface area contributed by atoms with Crippen molar-refractivity contribution in [2.24, 2.45) is 5.92 Å². The number of hydrogen-bond donors (Lipinski definition) is 3. The van der Waals surface area contributed by atoms with Crippen LogP contribution in [-0.4, -0.2) is 27.2 Å². The second-order valence-electron chi connectivity index (χ2n) is 8.38. The number of fused-ring (bicyclic) bond motifs is 1. The van der Waals surface area contributed by atoms with E-state index in [1.54, 1.807) is 0 Å². The summed E-state index contributed by atoms with van der Waals surface area (Å²) in [5.41, 5.74) is 10.5. The monoisotopic (exact) mass is 422 g/mol. The molecule has 6 nitrogen and oxygen atoms in total. The molecule has 156 valence electrons. The topological polar surface area (TPSA) is 66.8 Å². The summed E-state index contributed by atoms with van der Waals surface area (Å²) in [6, 6.07) is 18.9. The Bertz CT molecular complexity index is 957. The molecule has 2 fully saturated rings. The van der Waals surface area contributed by atoms with E-state index in [0.29, 0.717) is 17.9 Å². The van der Waals surface area contributed by atoms with Gasteiger partial charge in [-0.3, -0.25) is 10.7 Å². The zero-order valence-corrected chi connectivity index (χ0v) is 17.6. The molecule has 2 aliphatic rings. The fourth-order valence-electron chi connectivity index (χ4n) is 4.71. The van der Waals surface area contributed by atoms with Crippen molar-refractivity contribution in [3.8, 4) is 0 Å². The highest BCUT2D eigenvalue weighted by Crippen LogP contribution is 2.38. The molecule has 2 aromatic carbocycles. The second kappa shape index (κ2) is 8.86. The van der Waals surface area contributed by atoms with Gasteiger partial charge >= 0.3 is 0 Å². The standard InChI is InChI=1S/C23H27ClN6/c24-19-9-6-16(7-10-19)13-25-23-20-12-18(8-11-21(20)26-28-23)22-15-30(29-27-22)14-17-4-2-1-3-5-17/h1-7,9-10,15,18,20-21,23,25-26,28H,8,11-14H2. The van der Waals surface area contributed by atoms with Crippen LogP contribution in [0.25, 0.3) is 0 Å². The van der Waals surface area contributed by atoms with Gasteiger partial charge in [-0.05, 0) is 42.5 Å². The van der Waals surface area contributed by atoms with Crippen LogP contribution >= 0.6 is 11.6 Å². The molecular weight excluding hydrogens is 396 g/mol. The van der Waals surface area contributed by atoms with E-state index < -0.39 is 0 Å². The summed E-state index contributed by atoms with van der Waals surface area (Å²) in [4.78, 5) is 0. The van der Waals surface area contributed by atoms with Crippen molar-refractivity contribution < 1.29 is 0 Å². The highest BCUT2D eigenvalue weighted by atomic mass is 35.5. The maximum Gasteiger partial charge on any atom is 0.0858 e. The van der Waals surface area contributed by atoms with Crippen molar-refractivity contribution in [3.63, 3.8) is 0 Å². The third-order valence-electron chi connectivity index (χ3n) is 6.35. The molecule has 4 atom stereocenters. The van der Waals surface area contributed by atoms with Gasteiger partial charge in [0.15, 0.2) is 0 Å². The van der Waals surface area contributed by atoms with Gasteiger partial charge in [-0.15, -0.1) is 5.10 Å². The zero-order chi connectivity index (χ0) is 20.3. The maximum atomic E-state index is 6.00. The van der Waals surface area contributed by atoms with Crippen LogP contribution in [0, 0.1) is 5.92 Å². The fourth-order valence-corrected chi connectivity index (χ4v) is 4.83. The number of rotatable bonds is 6. The van der Waals surface area contributed by atoms with Gasteiger partial charge in [0.25, 0.3) is 0 Å². The van der Waals surface area contributed by atoms with Gasteiger partial charge in [0.2, 0.25) is 0 Å². The SMILES string of the molecule is Clc1ccc(CNC2NNC3CCC(c4cn(Cc5ccccc5)nn4)CC32)cc1. The first kappa shape index (κ1) is 19.7. The van der Waals surface area contributed by atoms with Crippen LogP contribution in [0.5, 0.6) is 0 Å². The first-order valence-electron chi connectivity index (χ1n) is 10.7. The second-order valence-corrected chi connectivity index (χ2v) is 8.82. The molecule has 3 N–H and O–H groups in total. The Morgan fingerprint density at radius 1 is 1.00 bits per heavy atom. The van der Waals surface area contributed by atoms with E-state index in [1.165, 1.54) is 11.1 Å². The fraction of sp³-hybridized carbons (Fsp3) is 0.391. The Labute approximate surface area is 182 Å². The molecule has 3 aromatic rings. The molecule has 30 heavy (non-hydrogen) atoms. The molecule has 0 radical (unpaired) electrons. The minimum atomic E-state index is 0.243.